The lowest BCUT2D eigenvalue weighted by Gasteiger charge is -1.99. The Balaban J connectivity index is 2.39. The smallest absolute Gasteiger partial charge is 0.205 e. The van der Waals surface area contributed by atoms with Gasteiger partial charge in [0.15, 0.2) is 5.01 Å². The van der Waals surface area contributed by atoms with Crippen molar-refractivity contribution in [1.29, 1.82) is 0 Å². The van der Waals surface area contributed by atoms with Gasteiger partial charge in [0.1, 0.15) is 5.82 Å². The van der Waals surface area contributed by atoms with E-state index in [1.807, 2.05) is 6.92 Å². The molecular weight excluding hydrogens is 293 g/mol. The van der Waals surface area contributed by atoms with Crippen LogP contribution in [0.25, 0.3) is 10.6 Å². The average Bonchev–Trinajstić information content (AvgIpc) is 2.71. The number of benzene rings is 1. The Morgan fingerprint density at radius 1 is 1.44 bits per heavy atom. The van der Waals surface area contributed by atoms with E-state index in [1.165, 1.54) is 11.3 Å². The standard InChI is InChI=1S/C10H9BrFN3S/c1-2-13-10-15-14-9(16-10)6-4-3-5-7(11)8(6)12/h3-5H,2H2,1H3,(H,13,15). The summed E-state index contributed by atoms with van der Waals surface area (Å²) >= 11 is 4.49. The zero-order valence-corrected chi connectivity index (χ0v) is 10.9. The third-order valence-corrected chi connectivity index (χ3v) is 3.46. The van der Waals surface area contributed by atoms with E-state index in [-0.39, 0.29) is 5.82 Å². The number of rotatable bonds is 3. The van der Waals surface area contributed by atoms with E-state index in [1.54, 1.807) is 18.2 Å². The van der Waals surface area contributed by atoms with Gasteiger partial charge < -0.3 is 5.32 Å². The largest absolute Gasteiger partial charge is 0.360 e. The second-order valence-electron chi connectivity index (χ2n) is 3.04. The van der Waals surface area contributed by atoms with Crippen LogP contribution in [-0.4, -0.2) is 16.7 Å². The minimum absolute atomic E-state index is 0.304. The van der Waals surface area contributed by atoms with Crippen molar-refractivity contribution in [3.63, 3.8) is 0 Å². The van der Waals surface area contributed by atoms with E-state index in [9.17, 15) is 4.39 Å². The fourth-order valence-electron chi connectivity index (χ4n) is 1.22. The lowest BCUT2D eigenvalue weighted by Crippen LogP contribution is -1.94. The molecule has 0 atom stereocenters. The number of halogens is 2. The molecule has 16 heavy (non-hydrogen) atoms. The summed E-state index contributed by atoms with van der Waals surface area (Å²) in [6.07, 6.45) is 0. The third kappa shape index (κ3) is 2.22. The number of hydrogen-bond donors (Lipinski definition) is 1. The van der Waals surface area contributed by atoms with Crippen LogP contribution >= 0.6 is 27.3 Å². The maximum Gasteiger partial charge on any atom is 0.205 e. The Bertz CT molecular complexity index is 501. The predicted molar refractivity (Wildman–Crippen MR) is 67.2 cm³/mol. The normalized spacial score (nSPS) is 10.4. The van der Waals surface area contributed by atoms with Crippen LogP contribution < -0.4 is 5.32 Å². The molecule has 2 aromatic rings. The number of nitrogens with zero attached hydrogens (tertiary/aromatic N) is 2. The molecule has 0 spiro atoms. The molecule has 0 amide bonds. The topological polar surface area (TPSA) is 37.8 Å². The predicted octanol–water partition coefficient (Wildman–Crippen LogP) is 3.54. The Hall–Kier alpha value is -1.01. The molecule has 0 saturated heterocycles. The fourth-order valence-corrected chi connectivity index (χ4v) is 2.42. The van der Waals surface area contributed by atoms with Crippen molar-refractivity contribution in [2.45, 2.75) is 6.92 Å². The summed E-state index contributed by atoms with van der Waals surface area (Å²) in [5.74, 6) is -0.304. The monoisotopic (exact) mass is 301 g/mol. The summed E-state index contributed by atoms with van der Waals surface area (Å²) in [5, 5.41) is 12.2. The van der Waals surface area contributed by atoms with Gasteiger partial charge in [0.05, 0.1) is 4.47 Å². The molecule has 0 fully saturated rings. The highest BCUT2D eigenvalue weighted by atomic mass is 79.9. The van der Waals surface area contributed by atoms with Gasteiger partial charge >= 0.3 is 0 Å². The van der Waals surface area contributed by atoms with Crippen LogP contribution in [-0.2, 0) is 0 Å². The maximum absolute atomic E-state index is 13.8. The van der Waals surface area contributed by atoms with Crippen molar-refractivity contribution in [2.75, 3.05) is 11.9 Å². The zero-order chi connectivity index (χ0) is 11.5. The van der Waals surface area contributed by atoms with Crippen LogP contribution in [0.1, 0.15) is 6.92 Å². The first kappa shape index (κ1) is 11.5. The average molecular weight is 302 g/mol. The molecule has 84 valence electrons. The third-order valence-electron chi connectivity index (χ3n) is 1.94. The van der Waals surface area contributed by atoms with Gasteiger partial charge in [-0.15, -0.1) is 10.2 Å². The minimum atomic E-state index is -0.304. The molecule has 0 saturated carbocycles. The molecule has 6 heteroatoms. The van der Waals surface area contributed by atoms with Gasteiger partial charge in [-0.05, 0) is 35.0 Å². The first-order valence-corrected chi connectivity index (χ1v) is 6.35. The van der Waals surface area contributed by atoms with Crippen LogP contribution in [0, 0.1) is 5.82 Å². The van der Waals surface area contributed by atoms with Crippen LogP contribution in [0.2, 0.25) is 0 Å². The molecule has 0 bridgehead atoms. The minimum Gasteiger partial charge on any atom is -0.360 e. The van der Waals surface area contributed by atoms with Gasteiger partial charge in [0.2, 0.25) is 5.13 Å². The van der Waals surface area contributed by atoms with Crippen LogP contribution in [0.5, 0.6) is 0 Å². The maximum atomic E-state index is 13.8. The van der Waals surface area contributed by atoms with E-state index < -0.39 is 0 Å². The number of hydrogen-bond acceptors (Lipinski definition) is 4. The first-order valence-electron chi connectivity index (χ1n) is 4.74. The summed E-state index contributed by atoms with van der Waals surface area (Å²) in [5.41, 5.74) is 0.469. The van der Waals surface area contributed by atoms with E-state index in [0.29, 0.717) is 20.2 Å². The molecule has 0 radical (unpaired) electrons. The van der Waals surface area contributed by atoms with E-state index in [4.69, 9.17) is 0 Å². The molecule has 0 aliphatic heterocycles. The highest BCUT2D eigenvalue weighted by Gasteiger charge is 2.12. The highest BCUT2D eigenvalue weighted by Crippen LogP contribution is 2.31. The number of nitrogens with one attached hydrogen (secondary N) is 1. The van der Waals surface area contributed by atoms with Crippen LogP contribution in [0.4, 0.5) is 9.52 Å². The molecule has 0 aliphatic carbocycles. The summed E-state index contributed by atoms with van der Waals surface area (Å²) in [7, 11) is 0. The molecule has 1 heterocycles. The molecule has 0 unspecified atom stereocenters. The van der Waals surface area contributed by atoms with Crippen molar-refractivity contribution in [2.24, 2.45) is 0 Å². The zero-order valence-electron chi connectivity index (χ0n) is 8.50. The van der Waals surface area contributed by atoms with Crippen molar-refractivity contribution in [3.8, 4) is 10.6 Å². The molecule has 1 N–H and O–H groups in total. The van der Waals surface area contributed by atoms with Gasteiger partial charge in [-0.2, -0.15) is 0 Å². The van der Waals surface area contributed by atoms with Gasteiger partial charge in [-0.25, -0.2) is 4.39 Å². The SMILES string of the molecule is CCNc1nnc(-c2cccc(Br)c2F)s1. The summed E-state index contributed by atoms with van der Waals surface area (Å²) in [6.45, 7) is 2.75. The molecule has 2 rings (SSSR count). The first-order chi connectivity index (χ1) is 7.72. The van der Waals surface area contributed by atoms with Crippen LogP contribution in [0.15, 0.2) is 22.7 Å². The molecular formula is C10H9BrFN3S. The van der Waals surface area contributed by atoms with Crippen molar-refractivity contribution < 1.29 is 4.39 Å². The second kappa shape index (κ2) is 4.88. The highest BCUT2D eigenvalue weighted by molar-refractivity contribution is 9.10. The van der Waals surface area contributed by atoms with Crippen molar-refractivity contribution in [1.82, 2.24) is 10.2 Å². The van der Waals surface area contributed by atoms with Gasteiger partial charge in [-0.1, -0.05) is 17.4 Å². The van der Waals surface area contributed by atoms with Crippen molar-refractivity contribution >= 4 is 32.4 Å². The summed E-state index contributed by atoms with van der Waals surface area (Å²) in [4.78, 5) is 0. The number of aromatic nitrogens is 2. The Morgan fingerprint density at radius 2 is 2.25 bits per heavy atom. The summed E-state index contributed by atoms with van der Waals surface area (Å²) in [6, 6.07) is 5.12. The quantitative estimate of drug-likeness (QED) is 0.942. The van der Waals surface area contributed by atoms with Gasteiger partial charge in [-0.3, -0.25) is 0 Å². The Morgan fingerprint density at radius 3 is 3.00 bits per heavy atom. The molecule has 1 aromatic heterocycles. The fraction of sp³-hybridized carbons (Fsp3) is 0.200. The molecule has 3 nitrogen and oxygen atoms in total. The Labute approximate surface area is 105 Å². The van der Waals surface area contributed by atoms with E-state index >= 15 is 0 Å². The Kier molecular flexibility index (Phi) is 3.50. The second-order valence-corrected chi connectivity index (χ2v) is 4.88. The van der Waals surface area contributed by atoms with Crippen molar-refractivity contribution in [3.05, 3.63) is 28.5 Å². The lowest BCUT2D eigenvalue weighted by atomic mass is 10.2. The summed E-state index contributed by atoms with van der Waals surface area (Å²) < 4.78 is 14.2. The van der Waals surface area contributed by atoms with Gasteiger partial charge in [0, 0.05) is 12.1 Å². The van der Waals surface area contributed by atoms with Gasteiger partial charge in [0.25, 0.3) is 0 Å². The molecule has 1 aromatic carbocycles. The number of anilines is 1. The van der Waals surface area contributed by atoms with E-state index in [2.05, 4.69) is 31.4 Å². The van der Waals surface area contributed by atoms with Crippen LogP contribution in [0.3, 0.4) is 0 Å². The van der Waals surface area contributed by atoms with E-state index in [0.717, 1.165) is 6.54 Å². The molecule has 0 aliphatic rings. The lowest BCUT2D eigenvalue weighted by molar-refractivity contribution is 0.624.